The van der Waals surface area contributed by atoms with Crippen LogP contribution in [0.25, 0.3) is 10.9 Å². The molecule has 0 spiro atoms. The summed E-state index contributed by atoms with van der Waals surface area (Å²) in [7, 11) is 0. The van der Waals surface area contributed by atoms with Gasteiger partial charge in [0.25, 0.3) is 0 Å². The van der Waals surface area contributed by atoms with Gasteiger partial charge in [-0.05, 0) is 86.1 Å². The van der Waals surface area contributed by atoms with Gasteiger partial charge in [-0.15, -0.1) is 0 Å². The first-order valence-corrected chi connectivity index (χ1v) is 11.2. The number of rotatable bonds is 5. The first kappa shape index (κ1) is 19.5. The van der Waals surface area contributed by atoms with Gasteiger partial charge in [0.2, 0.25) is 0 Å². The zero-order chi connectivity index (χ0) is 19.5. The Morgan fingerprint density at radius 3 is 2.57 bits per heavy atom. The number of carbonyl (C=O) groups is 1. The Kier molecular flexibility index (Phi) is 6.08. The molecule has 1 aromatic heterocycles. The van der Waals surface area contributed by atoms with Gasteiger partial charge in [-0.2, -0.15) is 0 Å². The second-order valence-corrected chi connectivity index (χ2v) is 9.16. The number of pyridine rings is 1. The highest BCUT2D eigenvalue weighted by Crippen LogP contribution is 2.41. The van der Waals surface area contributed by atoms with E-state index in [1.54, 1.807) is 12.1 Å². The lowest BCUT2D eigenvalue weighted by Gasteiger charge is -2.33. The van der Waals surface area contributed by atoms with Crippen LogP contribution >= 0.6 is 0 Å². The summed E-state index contributed by atoms with van der Waals surface area (Å²) in [6.07, 6.45) is 13.2. The summed E-state index contributed by atoms with van der Waals surface area (Å²) in [5.74, 6) is 2.28. The molecule has 2 nitrogen and oxygen atoms in total. The van der Waals surface area contributed by atoms with E-state index in [0.29, 0.717) is 29.5 Å². The van der Waals surface area contributed by atoms with Crippen molar-refractivity contribution in [2.24, 2.45) is 17.8 Å². The fourth-order valence-corrected chi connectivity index (χ4v) is 5.57. The Hall–Kier alpha value is -1.77. The van der Waals surface area contributed by atoms with Crippen LogP contribution in [0.2, 0.25) is 0 Å². The maximum absolute atomic E-state index is 13.8. The second-order valence-electron chi connectivity index (χ2n) is 9.16. The van der Waals surface area contributed by atoms with Crippen LogP contribution in [0.1, 0.15) is 82.6 Å². The van der Waals surface area contributed by atoms with Crippen LogP contribution in [0.3, 0.4) is 0 Å². The number of hydrogen-bond donors (Lipinski definition) is 0. The van der Waals surface area contributed by atoms with Crippen molar-refractivity contribution in [3.8, 4) is 0 Å². The van der Waals surface area contributed by atoms with Crippen LogP contribution in [0, 0.1) is 23.6 Å². The topological polar surface area (TPSA) is 30.0 Å². The SMILES string of the molecule is C[C@@H](CC(=O)C1CCCCC1)C1CCC(c2ccnc3ccc(F)cc23)CC1. The Morgan fingerprint density at radius 1 is 1.07 bits per heavy atom. The smallest absolute Gasteiger partial charge is 0.136 e. The number of fused-ring (bicyclic) bond motifs is 1. The van der Waals surface area contributed by atoms with E-state index in [0.717, 1.165) is 43.0 Å². The minimum Gasteiger partial charge on any atom is -0.299 e. The Morgan fingerprint density at radius 2 is 1.82 bits per heavy atom. The fourth-order valence-electron chi connectivity index (χ4n) is 5.57. The molecule has 2 aromatic rings. The first-order chi connectivity index (χ1) is 13.6. The zero-order valence-corrected chi connectivity index (χ0v) is 17.0. The summed E-state index contributed by atoms with van der Waals surface area (Å²) >= 11 is 0. The third kappa shape index (κ3) is 4.29. The molecule has 150 valence electrons. The molecular formula is C25H32FNO. The number of carbonyl (C=O) groups excluding carboxylic acids is 1. The van der Waals surface area contributed by atoms with Gasteiger partial charge in [0.1, 0.15) is 11.6 Å². The third-order valence-corrected chi connectivity index (χ3v) is 7.34. The molecule has 0 bridgehead atoms. The summed E-state index contributed by atoms with van der Waals surface area (Å²) < 4.78 is 13.8. The molecule has 2 fully saturated rings. The van der Waals surface area contributed by atoms with Gasteiger partial charge >= 0.3 is 0 Å². The molecule has 0 aliphatic heterocycles. The highest BCUT2D eigenvalue weighted by molar-refractivity contribution is 5.82. The van der Waals surface area contributed by atoms with E-state index >= 15 is 0 Å². The van der Waals surface area contributed by atoms with Gasteiger partial charge in [0, 0.05) is 23.9 Å². The van der Waals surface area contributed by atoms with Gasteiger partial charge in [-0.1, -0.05) is 26.2 Å². The molecule has 0 unspecified atom stereocenters. The maximum Gasteiger partial charge on any atom is 0.136 e. The van der Waals surface area contributed by atoms with Crippen molar-refractivity contribution in [2.45, 2.75) is 77.0 Å². The van der Waals surface area contributed by atoms with Crippen molar-refractivity contribution in [3.05, 3.63) is 41.8 Å². The van der Waals surface area contributed by atoms with Crippen LogP contribution in [0.4, 0.5) is 4.39 Å². The predicted octanol–water partition coefficient (Wildman–Crippen LogP) is 6.82. The molecule has 1 atom stereocenters. The lowest BCUT2D eigenvalue weighted by Crippen LogP contribution is -2.25. The zero-order valence-electron chi connectivity index (χ0n) is 17.0. The third-order valence-electron chi connectivity index (χ3n) is 7.34. The average molecular weight is 382 g/mol. The molecule has 2 aliphatic rings. The molecule has 0 saturated heterocycles. The molecule has 1 aromatic carbocycles. The molecule has 3 heteroatoms. The van der Waals surface area contributed by atoms with Gasteiger partial charge in [0.15, 0.2) is 0 Å². The van der Waals surface area contributed by atoms with Crippen LogP contribution < -0.4 is 0 Å². The van der Waals surface area contributed by atoms with Crippen LogP contribution in [-0.2, 0) is 4.79 Å². The molecule has 2 saturated carbocycles. The highest BCUT2D eigenvalue weighted by atomic mass is 19.1. The number of hydrogen-bond acceptors (Lipinski definition) is 2. The molecule has 2 aliphatic carbocycles. The minimum absolute atomic E-state index is 0.190. The Bertz CT molecular complexity index is 818. The largest absolute Gasteiger partial charge is 0.299 e. The summed E-state index contributed by atoms with van der Waals surface area (Å²) in [5, 5.41) is 0.964. The van der Waals surface area contributed by atoms with Crippen molar-refractivity contribution in [1.29, 1.82) is 0 Å². The number of Topliss-reactive ketones (excluding diaryl/α,β-unsaturated/α-hetero) is 1. The average Bonchev–Trinajstić information content (AvgIpc) is 2.74. The number of aromatic nitrogens is 1. The maximum atomic E-state index is 13.8. The quantitative estimate of drug-likeness (QED) is 0.568. The van der Waals surface area contributed by atoms with Gasteiger partial charge in [0.05, 0.1) is 5.52 Å². The molecule has 28 heavy (non-hydrogen) atoms. The summed E-state index contributed by atoms with van der Waals surface area (Å²) in [6.45, 7) is 2.28. The second kappa shape index (κ2) is 8.71. The van der Waals surface area contributed by atoms with Crippen molar-refractivity contribution in [3.63, 3.8) is 0 Å². The fraction of sp³-hybridized carbons (Fsp3) is 0.600. The van der Waals surface area contributed by atoms with Crippen LogP contribution in [-0.4, -0.2) is 10.8 Å². The number of nitrogens with zero attached hydrogens (tertiary/aromatic N) is 1. The summed E-state index contributed by atoms with van der Waals surface area (Å²) in [5.41, 5.74) is 2.13. The van der Waals surface area contributed by atoms with E-state index < -0.39 is 0 Å². The lowest BCUT2D eigenvalue weighted by atomic mass is 9.72. The molecule has 0 radical (unpaired) electrons. The van der Waals surface area contributed by atoms with Crippen LogP contribution in [0.5, 0.6) is 0 Å². The minimum atomic E-state index is -0.190. The number of benzene rings is 1. The van der Waals surface area contributed by atoms with Gasteiger partial charge in [-0.25, -0.2) is 4.39 Å². The Balaban J connectivity index is 1.37. The van der Waals surface area contributed by atoms with Gasteiger partial charge < -0.3 is 0 Å². The first-order valence-electron chi connectivity index (χ1n) is 11.2. The summed E-state index contributed by atoms with van der Waals surface area (Å²) in [6, 6.07) is 6.97. The van der Waals surface area contributed by atoms with Crippen LogP contribution in [0.15, 0.2) is 30.5 Å². The Labute approximate surface area is 167 Å². The van der Waals surface area contributed by atoms with E-state index in [2.05, 4.69) is 18.0 Å². The van der Waals surface area contributed by atoms with Crippen molar-refractivity contribution >= 4 is 16.7 Å². The van der Waals surface area contributed by atoms with Crippen molar-refractivity contribution < 1.29 is 9.18 Å². The van der Waals surface area contributed by atoms with E-state index in [9.17, 15) is 9.18 Å². The molecule has 1 heterocycles. The van der Waals surface area contributed by atoms with E-state index in [4.69, 9.17) is 0 Å². The van der Waals surface area contributed by atoms with E-state index in [1.807, 2.05) is 6.20 Å². The summed E-state index contributed by atoms with van der Waals surface area (Å²) in [4.78, 5) is 17.1. The van der Waals surface area contributed by atoms with Crippen molar-refractivity contribution in [2.75, 3.05) is 0 Å². The number of halogens is 1. The monoisotopic (exact) mass is 381 g/mol. The molecular weight excluding hydrogens is 349 g/mol. The van der Waals surface area contributed by atoms with Gasteiger partial charge in [-0.3, -0.25) is 9.78 Å². The van der Waals surface area contributed by atoms with Crippen molar-refractivity contribution in [1.82, 2.24) is 4.98 Å². The highest BCUT2D eigenvalue weighted by Gasteiger charge is 2.30. The molecule has 0 amide bonds. The predicted molar refractivity (Wildman–Crippen MR) is 112 cm³/mol. The van der Waals surface area contributed by atoms with E-state index in [-0.39, 0.29) is 5.82 Å². The molecule has 0 N–H and O–H groups in total. The number of ketones is 1. The lowest BCUT2D eigenvalue weighted by molar-refractivity contribution is -0.125. The molecule has 4 rings (SSSR count). The standard InChI is InChI=1S/C25H32FNO/c1-17(15-25(28)20-5-3-2-4-6-20)18-7-9-19(10-8-18)22-13-14-27-24-12-11-21(26)16-23(22)24/h11-14,16-20H,2-10,15H2,1H3/t17-,18?,19?/m0/s1. The van der Waals surface area contributed by atoms with E-state index in [1.165, 1.54) is 43.7 Å². The normalized spacial score (nSPS) is 24.9.